The third kappa shape index (κ3) is 6.25. The number of hydrogen-bond acceptors (Lipinski definition) is 7. The molecule has 3 N–H and O–H groups in total. The zero-order valence-corrected chi connectivity index (χ0v) is 15.7. The van der Waals surface area contributed by atoms with Crippen LogP contribution in [0.1, 0.15) is 5.56 Å². The number of halogens is 1. The smallest absolute Gasteiger partial charge is 0.215 e. The molecule has 0 atom stereocenters. The summed E-state index contributed by atoms with van der Waals surface area (Å²) in [6, 6.07) is 12.6. The van der Waals surface area contributed by atoms with E-state index < -0.39 is 15.8 Å². The molecule has 2 aromatic heterocycles. The summed E-state index contributed by atoms with van der Waals surface area (Å²) in [6.45, 7) is 0.491. The summed E-state index contributed by atoms with van der Waals surface area (Å²) >= 11 is 0. The van der Waals surface area contributed by atoms with Crippen LogP contribution in [0.15, 0.2) is 60.9 Å². The predicted octanol–water partition coefficient (Wildman–Crippen LogP) is 2.29. The van der Waals surface area contributed by atoms with Crippen LogP contribution in [-0.2, 0) is 15.8 Å². The SMILES string of the molecule is O=S(=O)(Cc1cccc(F)c1)NCCNc1ccc(Nc2ccncc2)nn1. The van der Waals surface area contributed by atoms with Crippen molar-refractivity contribution in [3.8, 4) is 0 Å². The van der Waals surface area contributed by atoms with Crippen molar-refractivity contribution in [3.05, 3.63) is 72.3 Å². The fourth-order valence-electron chi connectivity index (χ4n) is 2.37. The standard InChI is InChI=1S/C18H19FN6O2S/c19-15-3-1-2-14(12-15)13-28(26,27)22-11-10-21-17-4-5-18(25-24-17)23-16-6-8-20-9-7-16/h1-9,12,22H,10-11,13H2,(H,21,24)(H,20,23,25). The number of benzene rings is 1. The average molecular weight is 402 g/mol. The highest BCUT2D eigenvalue weighted by Crippen LogP contribution is 2.13. The van der Waals surface area contributed by atoms with Crippen molar-refractivity contribution in [2.45, 2.75) is 5.75 Å². The van der Waals surface area contributed by atoms with Gasteiger partial charge in [0, 0.05) is 31.2 Å². The Labute approximate surface area is 162 Å². The van der Waals surface area contributed by atoms with Crippen molar-refractivity contribution in [1.29, 1.82) is 0 Å². The Balaban J connectivity index is 1.43. The molecule has 2 heterocycles. The first-order chi connectivity index (χ1) is 13.5. The molecule has 0 fully saturated rings. The van der Waals surface area contributed by atoms with Gasteiger partial charge in [-0.2, -0.15) is 0 Å². The first-order valence-electron chi connectivity index (χ1n) is 8.47. The molecule has 0 saturated carbocycles. The van der Waals surface area contributed by atoms with E-state index in [-0.39, 0.29) is 12.3 Å². The molecule has 3 rings (SSSR count). The molecule has 146 valence electrons. The Morgan fingerprint density at radius 3 is 2.39 bits per heavy atom. The van der Waals surface area contributed by atoms with Gasteiger partial charge in [0.25, 0.3) is 0 Å². The van der Waals surface area contributed by atoms with Crippen molar-refractivity contribution < 1.29 is 12.8 Å². The minimum Gasteiger partial charge on any atom is -0.367 e. The molecule has 0 aliphatic heterocycles. The molecule has 0 radical (unpaired) electrons. The molecular weight excluding hydrogens is 383 g/mol. The first kappa shape index (κ1) is 19.6. The van der Waals surface area contributed by atoms with Crippen LogP contribution >= 0.6 is 0 Å². The van der Waals surface area contributed by atoms with E-state index >= 15 is 0 Å². The van der Waals surface area contributed by atoms with E-state index in [1.807, 2.05) is 12.1 Å². The maximum absolute atomic E-state index is 13.1. The molecule has 8 nitrogen and oxygen atoms in total. The number of pyridine rings is 1. The highest BCUT2D eigenvalue weighted by Gasteiger charge is 2.11. The summed E-state index contributed by atoms with van der Waals surface area (Å²) in [5, 5.41) is 14.1. The average Bonchev–Trinajstić information content (AvgIpc) is 2.67. The molecule has 0 bridgehead atoms. The fourth-order valence-corrected chi connectivity index (χ4v) is 3.50. The number of anilines is 3. The van der Waals surface area contributed by atoms with Crippen LogP contribution in [0.2, 0.25) is 0 Å². The van der Waals surface area contributed by atoms with Gasteiger partial charge in [-0.3, -0.25) is 4.98 Å². The van der Waals surface area contributed by atoms with E-state index in [2.05, 4.69) is 30.5 Å². The van der Waals surface area contributed by atoms with Gasteiger partial charge < -0.3 is 10.6 Å². The van der Waals surface area contributed by atoms with Gasteiger partial charge in [0.2, 0.25) is 10.0 Å². The quantitative estimate of drug-likeness (QED) is 0.471. The van der Waals surface area contributed by atoms with Crippen LogP contribution in [0.3, 0.4) is 0 Å². The summed E-state index contributed by atoms with van der Waals surface area (Å²) in [5.41, 5.74) is 1.24. The fraction of sp³-hybridized carbons (Fsp3) is 0.167. The second kappa shape index (κ2) is 9.20. The van der Waals surface area contributed by atoms with Crippen LogP contribution < -0.4 is 15.4 Å². The predicted molar refractivity (Wildman–Crippen MR) is 105 cm³/mol. The van der Waals surface area contributed by atoms with Gasteiger partial charge in [-0.15, -0.1) is 10.2 Å². The molecule has 0 aliphatic rings. The van der Waals surface area contributed by atoms with Crippen molar-refractivity contribution >= 4 is 27.3 Å². The van der Waals surface area contributed by atoms with Crippen molar-refractivity contribution in [1.82, 2.24) is 19.9 Å². The summed E-state index contributed by atoms with van der Waals surface area (Å²) < 4.78 is 39.7. The Morgan fingerprint density at radius 2 is 1.68 bits per heavy atom. The maximum Gasteiger partial charge on any atom is 0.215 e. The summed E-state index contributed by atoms with van der Waals surface area (Å²) in [4.78, 5) is 3.94. The lowest BCUT2D eigenvalue weighted by molar-refractivity contribution is 0.581. The number of aromatic nitrogens is 3. The normalized spacial score (nSPS) is 11.2. The second-order valence-electron chi connectivity index (χ2n) is 5.87. The monoisotopic (exact) mass is 402 g/mol. The number of sulfonamides is 1. The molecule has 1 aromatic carbocycles. The zero-order valence-electron chi connectivity index (χ0n) is 14.8. The molecule has 0 unspecified atom stereocenters. The van der Waals surface area contributed by atoms with Crippen LogP contribution in [0.25, 0.3) is 0 Å². The van der Waals surface area contributed by atoms with Crippen LogP contribution in [0, 0.1) is 5.82 Å². The Kier molecular flexibility index (Phi) is 6.45. The zero-order chi connectivity index (χ0) is 19.8. The lowest BCUT2D eigenvalue weighted by atomic mass is 10.2. The van der Waals surface area contributed by atoms with Gasteiger partial charge in [-0.05, 0) is 42.0 Å². The third-order valence-corrected chi connectivity index (χ3v) is 4.97. The van der Waals surface area contributed by atoms with Gasteiger partial charge >= 0.3 is 0 Å². The minimum atomic E-state index is -3.55. The van der Waals surface area contributed by atoms with Gasteiger partial charge in [-0.25, -0.2) is 17.5 Å². The molecule has 10 heteroatoms. The van der Waals surface area contributed by atoms with E-state index in [4.69, 9.17) is 0 Å². The molecule has 0 amide bonds. The Morgan fingerprint density at radius 1 is 0.929 bits per heavy atom. The van der Waals surface area contributed by atoms with E-state index in [0.29, 0.717) is 23.7 Å². The molecule has 0 aliphatic carbocycles. The number of nitrogens with zero attached hydrogens (tertiary/aromatic N) is 3. The van der Waals surface area contributed by atoms with Gasteiger partial charge in [0.15, 0.2) is 5.82 Å². The van der Waals surface area contributed by atoms with E-state index in [1.54, 1.807) is 30.6 Å². The minimum absolute atomic E-state index is 0.163. The summed E-state index contributed by atoms with van der Waals surface area (Å²) in [5.74, 6) is 0.354. The first-order valence-corrected chi connectivity index (χ1v) is 10.1. The highest BCUT2D eigenvalue weighted by molar-refractivity contribution is 7.88. The molecule has 28 heavy (non-hydrogen) atoms. The second-order valence-corrected chi connectivity index (χ2v) is 7.68. The molecule has 3 aromatic rings. The van der Waals surface area contributed by atoms with Crippen molar-refractivity contribution in [2.75, 3.05) is 23.7 Å². The van der Waals surface area contributed by atoms with E-state index in [0.717, 1.165) is 5.69 Å². The van der Waals surface area contributed by atoms with Gasteiger partial charge in [0.05, 0.1) is 5.75 Å². The maximum atomic E-state index is 13.1. The van der Waals surface area contributed by atoms with Crippen LogP contribution in [0.4, 0.5) is 21.7 Å². The summed E-state index contributed by atoms with van der Waals surface area (Å²) in [6.07, 6.45) is 3.34. The van der Waals surface area contributed by atoms with E-state index in [1.165, 1.54) is 18.2 Å². The van der Waals surface area contributed by atoms with E-state index in [9.17, 15) is 12.8 Å². The molecular formula is C18H19FN6O2S. The largest absolute Gasteiger partial charge is 0.367 e. The third-order valence-electron chi connectivity index (χ3n) is 3.62. The van der Waals surface area contributed by atoms with Crippen molar-refractivity contribution in [2.24, 2.45) is 0 Å². The highest BCUT2D eigenvalue weighted by atomic mass is 32.2. The van der Waals surface area contributed by atoms with Crippen LogP contribution in [-0.4, -0.2) is 36.7 Å². The number of nitrogens with one attached hydrogen (secondary N) is 3. The Bertz CT molecular complexity index is 1000. The van der Waals surface area contributed by atoms with Crippen LogP contribution in [0.5, 0.6) is 0 Å². The van der Waals surface area contributed by atoms with Crippen molar-refractivity contribution in [3.63, 3.8) is 0 Å². The molecule has 0 spiro atoms. The van der Waals surface area contributed by atoms with Gasteiger partial charge in [0.1, 0.15) is 11.6 Å². The molecule has 0 saturated heterocycles. The van der Waals surface area contributed by atoms with Gasteiger partial charge in [-0.1, -0.05) is 12.1 Å². The summed E-state index contributed by atoms with van der Waals surface area (Å²) in [7, 11) is -3.55. The topological polar surface area (TPSA) is 109 Å². The lowest BCUT2D eigenvalue weighted by Crippen LogP contribution is -2.30. The number of hydrogen-bond donors (Lipinski definition) is 3. The number of rotatable bonds is 9. The Hall–Kier alpha value is -3.11. The lowest BCUT2D eigenvalue weighted by Gasteiger charge is -2.09.